The molecule has 0 amide bonds. The van der Waals surface area contributed by atoms with Crippen molar-refractivity contribution < 1.29 is 4.42 Å². The van der Waals surface area contributed by atoms with Gasteiger partial charge in [0, 0.05) is 10.8 Å². The molecule has 0 saturated carbocycles. The highest BCUT2D eigenvalue weighted by Gasteiger charge is 2.14. The van der Waals surface area contributed by atoms with Gasteiger partial charge in [-0.1, -0.05) is 72.8 Å². The molecule has 152 valence electrons. The summed E-state index contributed by atoms with van der Waals surface area (Å²) < 4.78 is 5.58. The summed E-state index contributed by atoms with van der Waals surface area (Å²) >= 11 is 1.32. The van der Waals surface area contributed by atoms with Crippen LogP contribution >= 0.6 is 11.3 Å². The summed E-state index contributed by atoms with van der Waals surface area (Å²) in [7, 11) is 0. The van der Waals surface area contributed by atoms with Gasteiger partial charge in [-0.3, -0.25) is 0 Å². The third kappa shape index (κ3) is 3.76. The van der Waals surface area contributed by atoms with Gasteiger partial charge in [0.1, 0.15) is 16.7 Å². The van der Waals surface area contributed by atoms with E-state index in [9.17, 15) is 10.1 Å². The third-order valence-electron chi connectivity index (χ3n) is 5.12. The van der Waals surface area contributed by atoms with Crippen molar-refractivity contribution in [3.8, 4) is 17.3 Å². The molecule has 5 aromatic rings. The van der Waals surface area contributed by atoms with Crippen LogP contribution in [0.1, 0.15) is 10.6 Å². The summed E-state index contributed by atoms with van der Waals surface area (Å²) in [5.74, 6) is 0. The van der Waals surface area contributed by atoms with Gasteiger partial charge in [-0.15, -0.1) is 11.3 Å². The number of rotatable bonds is 4. The molecule has 0 unspecified atom stereocenters. The zero-order valence-corrected chi connectivity index (χ0v) is 17.7. The van der Waals surface area contributed by atoms with Gasteiger partial charge in [0.05, 0.1) is 16.8 Å². The topological polar surface area (TPSA) is 66.9 Å². The van der Waals surface area contributed by atoms with Gasteiger partial charge in [-0.25, -0.2) is 9.78 Å². The molecule has 0 fully saturated rings. The first kappa shape index (κ1) is 19.7. The molecule has 0 bridgehead atoms. The number of allylic oxidation sites excluding steroid dienone is 3. The van der Waals surface area contributed by atoms with E-state index in [2.05, 4.69) is 11.1 Å². The molecule has 32 heavy (non-hydrogen) atoms. The normalized spacial score (nSPS) is 11.9. The summed E-state index contributed by atoms with van der Waals surface area (Å²) in [5.41, 5.74) is 2.45. The van der Waals surface area contributed by atoms with Gasteiger partial charge in [-0.2, -0.15) is 5.26 Å². The number of nitriles is 1. The highest BCUT2D eigenvalue weighted by atomic mass is 32.1. The van der Waals surface area contributed by atoms with E-state index in [4.69, 9.17) is 4.42 Å². The zero-order chi connectivity index (χ0) is 21.9. The molecule has 0 radical (unpaired) electrons. The van der Waals surface area contributed by atoms with Crippen molar-refractivity contribution in [2.45, 2.75) is 0 Å². The summed E-state index contributed by atoms with van der Waals surface area (Å²) in [4.78, 5) is 17.2. The van der Waals surface area contributed by atoms with E-state index in [-0.39, 0.29) is 0 Å². The molecule has 0 N–H and O–H groups in total. The Morgan fingerprint density at radius 3 is 2.66 bits per heavy atom. The Kier molecular flexibility index (Phi) is 5.20. The van der Waals surface area contributed by atoms with Crippen molar-refractivity contribution in [3.63, 3.8) is 0 Å². The van der Waals surface area contributed by atoms with Gasteiger partial charge < -0.3 is 4.42 Å². The van der Waals surface area contributed by atoms with Gasteiger partial charge in [0.2, 0.25) is 0 Å². The van der Waals surface area contributed by atoms with E-state index in [1.165, 1.54) is 11.3 Å². The number of hydrogen-bond acceptors (Lipinski definition) is 5. The predicted molar refractivity (Wildman–Crippen MR) is 130 cm³/mol. The lowest BCUT2D eigenvalue weighted by Crippen LogP contribution is -2.03. The first-order valence-corrected chi connectivity index (χ1v) is 10.9. The second-order valence-corrected chi connectivity index (χ2v) is 8.00. The molecule has 0 aliphatic heterocycles. The van der Waals surface area contributed by atoms with Crippen LogP contribution in [0.4, 0.5) is 0 Å². The van der Waals surface area contributed by atoms with Crippen molar-refractivity contribution >= 4 is 44.7 Å². The summed E-state index contributed by atoms with van der Waals surface area (Å²) in [6.07, 6.45) is 5.48. The quantitative estimate of drug-likeness (QED) is 0.137. The van der Waals surface area contributed by atoms with E-state index in [1.807, 2.05) is 84.9 Å². The minimum absolute atomic E-state index is 0.383. The third-order valence-corrected chi connectivity index (χ3v) is 6.00. The fourth-order valence-corrected chi connectivity index (χ4v) is 4.34. The fraction of sp³-hybridized carbons (Fsp3) is 0. The van der Waals surface area contributed by atoms with Crippen molar-refractivity contribution in [1.82, 2.24) is 4.98 Å². The monoisotopic (exact) mass is 432 g/mol. The fourth-order valence-electron chi connectivity index (χ4n) is 3.55. The van der Waals surface area contributed by atoms with Crippen molar-refractivity contribution in [2.75, 3.05) is 0 Å². The van der Waals surface area contributed by atoms with Gasteiger partial charge >= 0.3 is 5.63 Å². The molecule has 3 aromatic carbocycles. The van der Waals surface area contributed by atoms with Crippen molar-refractivity contribution in [3.05, 3.63) is 111 Å². The van der Waals surface area contributed by atoms with Crippen LogP contribution in [0.25, 0.3) is 44.6 Å². The van der Waals surface area contributed by atoms with E-state index in [1.54, 1.807) is 11.5 Å². The highest BCUT2D eigenvalue weighted by molar-refractivity contribution is 7.11. The maximum absolute atomic E-state index is 12.7. The number of hydrogen-bond donors (Lipinski definition) is 0. The predicted octanol–water partition coefficient (Wildman–Crippen LogP) is 6.69. The minimum atomic E-state index is -0.448. The molecule has 0 aliphatic rings. The second kappa shape index (κ2) is 8.46. The Hall–Kier alpha value is -4.27. The van der Waals surface area contributed by atoms with E-state index in [0.29, 0.717) is 27.4 Å². The Morgan fingerprint density at radius 1 is 1.00 bits per heavy atom. The summed E-state index contributed by atoms with van der Waals surface area (Å²) in [6.45, 7) is 0. The smallest absolute Gasteiger partial charge is 0.345 e. The van der Waals surface area contributed by atoms with E-state index in [0.717, 1.165) is 21.7 Å². The SMILES string of the molecule is N#C/C(=C/C=C\c1ccccc1)c1nc(-c2cc3c(ccc4ccccc43)oc2=O)cs1. The van der Waals surface area contributed by atoms with Crippen LogP contribution in [0, 0.1) is 11.3 Å². The van der Waals surface area contributed by atoms with Crippen molar-refractivity contribution in [1.29, 1.82) is 5.26 Å². The van der Waals surface area contributed by atoms with Crippen LogP contribution in [-0.4, -0.2) is 4.98 Å². The number of nitrogens with zero attached hydrogens (tertiary/aromatic N) is 2. The van der Waals surface area contributed by atoms with Crippen LogP contribution in [0.5, 0.6) is 0 Å². The lowest BCUT2D eigenvalue weighted by Gasteiger charge is -2.04. The molecule has 2 aromatic heterocycles. The number of aromatic nitrogens is 1. The molecule has 5 rings (SSSR count). The van der Waals surface area contributed by atoms with E-state index >= 15 is 0 Å². The number of benzene rings is 3. The first-order valence-electron chi connectivity index (χ1n) is 9.98. The first-order chi connectivity index (χ1) is 15.7. The average molecular weight is 433 g/mol. The van der Waals surface area contributed by atoms with Gasteiger partial charge in [0.15, 0.2) is 0 Å². The maximum Gasteiger partial charge on any atom is 0.345 e. The molecule has 0 saturated heterocycles. The standard InChI is InChI=1S/C27H16N2O2S/c28-16-20(11-6-9-18-7-2-1-3-8-18)26-29-24(17-32-26)23-15-22-21-12-5-4-10-19(21)13-14-25(22)31-27(23)30/h1-15,17H/b9-6-,20-11-. The lowest BCUT2D eigenvalue weighted by molar-refractivity contribution is 0.563. The summed E-state index contributed by atoms with van der Waals surface area (Å²) in [5, 5.41) is 14.9. The van der Waals surface area contributed by atoms with Crippen LogP contribution in [0.2, 0.25) is 0 Å². The largest absolute Gasteiger partial charge is 0.422 e. The highest BCUT2D eigenvalue weighted by Crippen LogP contribution is 2.29. The van der Waals surface area contributed by atoms with Crippen LogP contribution < -0.4 is 5.63 Å². The maximum atomic E-state index is 12.7. The molecule has 0 aliphatic carbocycles. The molecule has 0 atom stereocenters. The Balaban J connectivity index is 1.53. The summed E-state index contributed by atoms with van der Waals surface area (Å²) in [6, 6.07) is 25.6. The van der Waals surface area contributed by atoms with Crippen LogP contribution in [0.3, 0.4) is 0 Å². The van der Waals surface area contributed by atoms with Crippen molar-refractivity contribution in [2.24, 2.45) is 0 Å². The minimum Gasteiger partial charge on any atom is -0.422 e. The van der Waals surface area contributed by atoms with Crippen LogP contribution in [-0.2, 0) is 0 Å². The Labute approximate surface area is 188 Å². The average Bonchev–Trinajstić information content (AvgIpc) is 3.31. The molecule has 2 heterocycles. The van der Waals surface area contributed by atoms with E-state index < -0.39 is 5.63 Å². The zero-order valence-electron chi connectivity index (χ0n) is 16.9. The molecule has 0 spiro atoms. The van der Waals surface area contributed by atoms with Gasteiger partial charge in [0.25, 0.3) is 0 Å². The Bertz CT molecular complexity index is 1600. The molecule has 5 heteroatoms. The number of fused-ring (bicyclic) bond motifs is 3. The second-order valence-electron chi connectivity index (χ2n) is 7.15. The number of thiazole rings is 1. The molecule has 4 nitrogen and oxygen atoms in total. The lowest BCUT2D eigenvalue weighted by atomic mass is 10.0. The molecular weight excluding hydrogens is 416 g/mol. The molecular formula is C27H16N2O2S. The van der Waals surface area contributed by atoms with Gasteiger partial charge in [-0.05, 0) is 34.5 Å². The van der Waals surface area contributed by atoms with Crippen LogP contribution in [0.15, 0.2) is 99.5 Å². The Morgan fingerprint density at radius 2 is 1.81 bits per heavy atom.